The Morgan fingerprint density at radius 2 is 2.00 bits per heavy atom. The van der Waals surface area contributed by atoms with Crippen LogP contribution in [-0.2, 0) is 4.79 Å². The smallest absolute Gasteiger partial charge is 0.234 e. The Labute approximate surface area is 118 Å². The topological polar surface area (TPSA) is 58.4 Å². The first-order valence-electron chi connectivity index (χ1n) is 7.98. The molecule has 1 amide bonds. The van der Waals surface area contributed by atoms with Crippen molar-refractivity contribution in [3.63, 3.8) is 0 Å². The first-order chi connectivity index (χ1) is 9.27. The highest BCUT2D eigenvalue weighted by molar-refractivity contribution is 5.78. The summed E-state index contributed by atoms with van der Waals surface area (Å²) in [7, 11) is 0. The van der Waals surface area contributed by atoms with Crippen LogP contribution in [0.3, 0.4) is 0 Å². The fraction of sp³-hybridized carbons (Fsp3) is 0.933. The molecule has 112 valence electrons. The minimum atomic E-state index is 0.177. The zero-order valence-corrected chi connectivity index (χ0v) is 12.5. The number of hydrogen-bond acceptors (Lipinski definition) is 3. The van der Waals surface area contributed by atoms with Crippen molar-refractivity contribution in [2.75, 3.05) is 26.2 Å². The van der Waals surface area contributed by atoms with Crippen LogP contribution >= 0.6 is 0 Å². The third kappa shape index (κ3) is 6.92. The van der Waals surface area contributed by atoms with Gasteiger partial charge in [-0.15, -0.1) is 0 Å². The van der Waals surface area contributed by atoms with E-state index in [-0.39, 0.29) is 5.91 Å². The summed E-state index contributed by atoms with van der Waals surface area (Å²) in [6, 6.07) is 0.595. The second kappa shape index (κ2) is 10.2. The lowest BCUT2D eigenvalue weighted by Gasteiger charge is -2.33. The van der Waals surface area contributed by atoms with Crippen LogP contribution in [0.25, 0.3) is 0 Å². The summed E-state index contributed by atoms with van der Waals surface area (Å²) in [5.74, 6) is 0.177. The van der Waals surface area contributed by atoms with Gasteiger partial charge in [-0.3, -0.25) is 9.69 Å². The van der Waals surface area contributed by atoms with E-state index < -0.39 is 0 Å². The van der Waals surface area contributed by atoms with Gasteiger partial charge in [0.2, 0.25) is 5.91 Å². The number of nitrogens with two attached hydrogens (primary N) is 1. The molecule has 1 fully saturated rings. The lowest BCUT2D eigenvalue weighted by atomic mass is 9.94. The number of nitrogens with one attached hydrogen (secondary N) is 1. The van der Waals surface area contributed by atoms with Crippen LogP contribution in [0.1, 0.15) is 58.3 Å². The fourth-order valence-electron chi connectivity index (χ4n) is 2.78. The lowest BCUT2D eigenvalue weighted by Crippen LogP contribution is -2.44. The van der Waals surface area contributed by atoms with E-state index in [2.05, 4.69) is 17.1 Å². The molecule has 4 nitrogen and oxygen atoms in total. The van der Waals surface area contributed by atoms with E-state index in [1.54, 1.807) is 0 Å². The van der Waals surface area contributed by atoms with Gasteiger partial charge < -0.3 is 11.1 Å². The molecule has 0 saturated heterocycles. The SMILES string of the molecule is CCCCNC(=O)CN(CCCN)C1CCCCC1. The molecule has 1 rings (SSSR count). The van der Waals surface area contributed by atoms with Crippen molar-refractivity contribution in [2.24, 2.45) is 5.73 Å². The van der Waals surface area contributed by atoms with Gasteiger partial charge in [0.25, 0.3) is 0 Å². The van der Waals surface area contributed by atoms with E-state index in [4.69, 9.17) is 5.73 Å². The van der Waals surface area contributed by atoms with Crippen LogP contribution < -0.4 is 11.1 Å². The average molecular weight is 269 g/mol. The Balaban J connectivity index is 2.36. The number of carbonyl (C=O) groups is 1. The molecule has 0 spiro atoms. The van der Waals surface area contributed by atoms with Gasteiger partial charge >= 0.3 is 0 Å². The van der Waals surface area contributed by atoms with E-state index in [9.17, 15) is 4.79 Å². The maximum Gasteiger partial charge on any atom is 0.234 e. The van der Waals surface area contributed by atoms with E-state index in [1.807, 2.05) is 0 Å². The molecule has 0 aromatic heterocycles. The maximum absolute atomic E-state index is 12.0. The molecule has 3 N–H and O–H groups in total. The van der Waals surface area contributed by atoms with Crippen LogP contribution in [0.4, 0.5) is 0 Å². The van der Waals surface area contributed by atoms with Crippen molar-refractivity contribution in [3.8, 4) is 0 Å². The zero-order chi connectivity index (χ0) is 13.9. The van der Waals surface area contributed by atoms with E-state index in [1.165, 1.54) is 32.1 Å². The first-order valence-corrected chi connectivity index (χ1v) is 7.98. The highest BCUT2D eigenvalue weighted by atomic mass is 16.2. The number of nitrogens with zero attached hydrogens (tertiary/aromatic N) is 1. The third-order valence-electron chi connectivity index (χ3n) is 3.94. The van der Waals surface area contributed by atoms with Crippen molar-refractivity contribution in [1.82, 2.24) is 10.2 Å². The van der Waals surface area contributed by atoms with Crippen LogP contribution in [0.15, 0.2) is 0 Å². The number of unbranched alkanes of at least 4 members (excludes halogenated alkanes) is 1. The van der Waals surface area contributed by atoms with Gasteiger partial charge in [0.15, 0.2) is 0 Å². The first kappa shape index (κ1) is 16.4. The summed E-state index contributed by atoms with van der Waals surface area (Å²) < 4.78 is 0. The van der Waals surface area contributed by atoms with Gasteiger partial charge in [0.05, 0.1) is 6.54 Å². The second-order valence-corrected chi connectivity index (χ2v) is 5.61. The molecule has 4 heteroatoms. The maximum atomic E-state index is 12.0. The highest BCUT2D eigenvalue weighted by Gasteiger charge is 2.22. The number of rotatable bonds is 9. The van der Waals surface area contributed by atoms with Gasteiger partial charge in [-0.1, -0.05) is 32.6 Å². The standard InChI is InChI=1S/C15H31N3O/c1-2-3-11-17-15(19)13-18(12-7-10-16)14-8-5-4-6-9-14/h14H,2-13,16H2,1H3,(H,17,19). The number of amides is 1. The molecule has 0 heterocycles. The van der Waals surface area contributed by atoms with Crippen molar-refractivity contribution >= 4 is 5.91 Å². The Kier molecular flexibility index (Phi) is 8.84. The van der Waals surface area contributed by atoms with Crippen LogP contribution in [0, 0.1) is 0 Å². The fourth-order valence-corrected chi connectivity index (χ4v) is 2.78. The van der Waals surface area contributed by atoms with Crippen LogP contribution in [-0.4, -0.2) is 43.0 Å². The normalized spacial score (nSPS) is 16.8. The largest absolute Gasteiger partial charge is 0.355 e. The molecule has 0 unspecified atom stereocenters. The molecule has 1 saturated carbocycles. The molecular weight excluding hydrogens is 238 g/mol. The van der Waals surface area contributed by atoms with Gasteiger partial charge in [-0.2, -0.15) is 0 Å². The van der Waals surface area contributed by atoms with Crippen LogP contribution in [0.2, 0.25) is 0 Å². The number of hydrogen-bond donors (Lipinski definition) is 2. The van der Waals surface area contributed by atoms with E-state index in [0.717, 1.165) is 32.4 Å². The molecule has 1 aliphatic rings. The van der Waals surface area contributed by atoms with Gasteiger partial charge in [-0.05, 0) is 32.2 Å². The molecule has 0 aromatic carbocycles. The van der Waals surface area contributed by atoms with Crippen molar-refractivity contribution in [1.29, 1.82) is 0 Å². The quantitative estimate of drug-likeness (QED) is 0.628. The Morgan fingerprint density at radius 1 is 1.26 bits per heavy atom. The second-order valence-electron chi connectivity index (χ2n) is 5.61. The van der Waals surface area contributed by atoms with Crippen molar-refractivity contribution in [3.05, 3.63) is 0 Å². The molecule has 0 atom stereocenters. The molecule has 1 aliphatic carbocycles. The number of carbonyl (C=O) groups excluding carboxylic acids is 1. The van der Waals surface area contributed by atoms with Crippen LogP contribution in [0.5, 0.6) is 0 Å². The van der Waals surface area contributed by atoms with Gasteiger partial charge in [0.1, 0.15) is 0 Å². The minimum Gasteiger partial charge on any atom is -0.355 e. The summed E-state index contributed by atoms with van der Waals surface area (Å²) in [6.45, 7) is 5.17. The van der Waals surface area contributed by atoms with Crippen molar-refractivity contribution < 1.29 is 4.79 Å². The summed E-state index contributed by atoms with van der Waals surface area (Å²) >= 11 is 0. The summed E-state index contributed by atoms with van der Waals surface area (Å²) in [5, 5.41) is 3.02. The van der Waals surface area contributed by atoms with Crippen molar-refractivity contribution in [2.45, 2.75) is 64.3 Å². The lowest BCUT2D eigenvalue weighted by molar-refractivity contribution is -0.123. The van der Waals surface area contributed by atoms with E-state index >= 15 is 0 Å². The molecular formula is C15H31N3O. The van der Waals surface area contributed by atoms with E-state index in [0.29, 0.717) is 19.1 Å². The predicted octanol–water partition coefficient (Wildman–Crippen LogP) is 1.89. The Morgan fingerprint density at radius 3 is 2.63 bits per heavy atom. The molecule has 19 heavy (non-hydrogen) atoms. The molecule has 0 aliphatic heterocycles. The minimum absolute atomic E-state index is 0.177. The monoisotopic (exact) mass is 269 g/mol. The Hall–Kier alpha value is -0.610. The molecule has 0 radical (unpaired) electrons. The molecule has 0 bridgehead atoms. The Bertz CT molecular complexity index is 240. The summed E-state index contributed by atoms with van der Waals surface area (Å²) in [4.78, 5) is 14.3. The average Bonchev–Trinajstić information content (AvgIpc) is 2.44. The molecule has 0 aromatic rings. The van der Waals surface area contributed by atoms with Gasteiger partial charge in [-0.25, -0.2) is 0 Å². The summed E-state index contributed by atoms with van der Waals surface area (Å²) in [5.41, 5.74) is 5.61. The zero-order valence-electron chi connectivity index (χ0n) is 12.5. The summed E-state index contributed by atoms with van der Waals surface area (Å²) in [6.07, 6.45) is 9.63. The predicted molar refractivity (Wildman–Crippen MR) is 80.0 cm³/mol. The van der Waals surface area contributed by atoms with Gasteiger partial charge in [0, 0.05) is 19.1 Å². The third-order valence-corrected chi connectivity index (χ3v) is 3.94. The highest BCUT2D eigenvalue weighted by Crippen LogP contribution is 2.22.